The lowest BCUT2D eigenvalue weighted by Crippen LogP contribution is -2.09. The summed E-state index contributed by atoms with van der Waals surface area (Å²) in [5.41, 5.74) is 20.0. The zero-order valence-corrected chi connectivity index (χ0v) is 33.8. The summed E-state index contributed by atoms with van der Waals surface area (Å²) in [6.45, 7) is 0. The molecular weight excluding hydrogens is 735 g/mol. The van der Waals surface area contributed by atoms with Gasteiger partial charge in [0, 0.05) is 17.1 Å². The van der Waals surface area contributed by atoms with Crippen LogP contribution in [0.1, 0.15) is 0 Å². The summed E-state index contributed by atoms with van der Waals surface area (Å²) < 4.78 is 0. The molecular formula is C60H43N. The number of anilines is 3. The molecule has 61 heavy (non-hydrogen) atoms. The van der Waals surface area contributed by atoms with Crippen molar-refractivity contribution in [1.82, 2.24) is 0 Å². The Morgan fingerprint density at radius 1 is 0.180 bits per heavy atom. The zero-order valence-electron chi connectivity index (χ0n) is 33.8. The molecule has 288 valence electrons. The van der Waals surface area contributed by atoms with Gasteiger partial charge in [-0.3, -0.25) is 0 Å². The van der Waals surface area contributed by atoms with Gasteiger partial charge in [-0.25, -0.2) is 0 Å². The Bertz CT molecular complexity index is 2900. The third-order valence-corrected chi connectivity index (χ3v) is 11.5. The maximum atomic E-state index is 2.38. The molecule has 0 N–H and O–H groups in total. The summed E-state index contributed by atoms with van der Waals surface area (Å²) in [6.07, 6.45) is 0. The summed E-state index contributed by atoms with van der Waals surface area (Å²) in [6, 6.07) is 94.0. The molecule has 0 radical (unpaired) electrons. The average Bonchev–Trinajstić information content (AvgIpc) is 3.35. The van der Waals surface area contributed by atoms with Gasteiger partial charge in [-0.2, -0.15) is 0 Å². The van der Waals surface area contributed by atoms with Crippen LogP contribution in [0.2, 0.25) is 0 Å². The summed E-state index contributed by atoms with van der Waals surface area (Å²) >= 11 is 0. The van der Waals surface area contributed by atoms with E-state index < -0.39 is 0 Å². The van der Waals surface area contributed by atoms with Crippen LogP contribution in [-0.4, -0.2) is 0 Å². The normalized spacial score (nSPS) is 11.0. The molecule has 0 bridgehead atoms. The first-order valence-corrected chi connectivity index (χ1v) is 20.9. The van der Waals surface area contributed by atoms with Crippen LogP contribution < -0.4 is 4.90 Å². The van der Waals surface area contributed by atoms with Crippen molar-refractivity contribution in [2.75, 3.05) is 4.90 Å². The minimum Gasteiger partial charge on any atom is -0.311 e. The molecule has 0 heterocycles. The molecule has 0 spiro atoms. The van der Waals surface area contributed by atoms with Crippen LogP contribution in [0.4, 0.5) is 17.1 Å². The second-order valence-electron chi connectivity index (χ2n) is 15.3. The van der Waals surface area contributed by atoms with Gasteiger partial charge in [0.15, 0.2) is 0 Å². The van der Waals surface area contributed by atoms with E-state index in [1.54, 1.807) is 0 Å². The lowest BCUT2D eigenvalue weighted by atomic mass is 9.84. The summed E-state index contributed by atoms with van der Waals surface area (Å²) in [7, 11) is 0. The summed E-state index contributed by atoms with van der Waals surface area (Å²) in [4.78, 5) is 2.31. The topological polar surface area (TPSA) is 3.24 Å². The van der Waals surface area contributed by atoms with Gasteiger partial charge in [0.1, 0.15) is 0 Å². The van der Waals surface area contributed by atoms with Crippen molar-refractivity contribution in [3.05, 3.63) is 261 Å². The van der Waals surface area contributed by atoms with Crippen molar-refractivity contribution in [3.8, 4) is 77.9 Å². The molecule has 0 aromatic heterocycles. The largest absolute Gasteiger partial charge is 0.311 e. The van der Waals surface area contributed by atoms with Crippen molar-refractivity contribution in [2.45, 2.75) is 0 Å². The van der Waals surface area contributed by atoms with E-state index in [1.165, 1.54) is 72.3 Å². The highest BCUT2D eigenvalue weighted by atomic mass is 15.1. The van der Waals surface area contributed by atoms with Crippen LogP contribution in [0.5, 0.6) is 0 Å². The van der Waals surface area contributed by atoms with Crippen molar-refractivity contribution >= 4 is 17.1 Å². The van der Waals surface area contributed by atoms with E-state index in [2.05, 4.69) is 266 Å². The molecule has 0 saturated heterocycles. The van der Waals surface area contributed by atoms with Gasteiger partial charge < -0.3 is 4.90 Å². The molecule has 0 amide bonds. The highest BCUT2D eigenvalue weighted by Gasteiger charge is 2.19. The zero-order chi connectivity index (χ0) is 40.8. The Labute approximate surface area is 359 Å². The quantitative estimate of drug-likeness (QED) is 0.134. The Kier molecular flexibility index (Phi) is 10.4. The van der Waals surface area contributed by atoms with Crippen molar-refractivity contribution in [2.24, 2.45) is 0 Å². The van der Waals surface area contributed by atoms with Crippen molar-refractivity contribution < 1.29 is 0 Å². The smallest absolute Gasteiger partial charge is 0.0462 e. The summed E-state index contributed by atoms with van der Waals surface area (Å²) in [5.74, 6) is 0. The number of hydrogen-bond donors (Lipinski definition) is 0. The van der Waals surface area contributed by atoms with Crippen molar-refractivity contribution in [1.29, 1.82) is 0 Å². The van der Waals surface area contributed by atoms with Gasteiger partial charge in [0.05, 0.1) is 0 Å². The highest BCUT2D eigenvalue weighted by molar-refractivity contribution is 5.98. The fourth-order valence-corrected chi connectivity index (χ4v) is 8.49. The first-order valence-electron chi connectivity index (χ1n) is 20.9. The predicted octanol–water partition coefficient (Wildman–Crippen LogP) is 16.8. The SMILES string of the molecule is c1ccc(-c2ccc(-c3ccccc3)c(-c3ccc(-c4cc(-c5ccccc5)c(-c5ccc(N(c6ccccc6)c6ccccc6)cc5)c(-c5ccccc5)c4)cc3)c2)cc1. The van der Waals surface area contributed by atoms with Gasteiger partial charge in [-0.1, -0.05) is 206 Å². The molecule has 0 aliphatic carbocycles. The van der Waals surface area contributed by atoms with E-state index in [1.807, 2.05) is 0 Å². The molecule has 0 atom stereocenters. The molecule has 0 fully saturated rings. The van der Waals surface area contributed by atoms with Gasteiger partial charge in [0.2, 0.25) is 0 Å². The third kappa shape index (κ3) is 7.81. The minimum atomic E-state index is 1.10. The maximum Gasteiger partial charge on any atom is 0.0462 e. The molecule has 10 aromatic rings. The second-order valence-corrected chi connectivity index (χ2v) is 15.3. The summed E-state index contributed by atoms with van der Waals surface area (Å²) in [5, 5.41) is 0. The number of benzene rings is 10. The first-order chi connectivity index (χ1) is 30.3. The monoisotopic (exact) mass is 777 g/mol. The molecule has 10 rings (SSSR count). The van der Waals surface area contributed by atoms with E-state index >= 15 is 0 Å². The third-order valence-electron chi connectivity index (χ3n) is 11.5. The molecule has 1 nitrogen and oxygen atoms in total. The highest BCUT2D eigenvalue weighted by Crippen LogP contribution is 2.45. The Balaban J connectivity index is 1.10. The lowest BCUT2D eigenvalue weighted by molar-refractivity contribution is 1.28. The Morgan fingerprint density at radius 3 is 0.967 bits per heavy atom. The van der Waals surface area contributed by atoms with Crippen LogP contribution in [0.15, 0.2) is 261 Å². The van der Waals surface area contributed by atoms with Gasteiger partial charge in [0.25, 0.3) is 0 Å². The molecule has 10 aromatic carbocycles. The van der Waals surface area contributed by atoms with E-state index in [0.29, 0.717) is 0 Å². The standard InChI is InChI=1S/C60H43N/c1-7-19-44(20-8-1)51-37-40-56(46-21-9-2-10-22-46)57(41-51)49-33-31-45(32-34-49)52-42-58(47-23-11-3-12-24-47)60(59(43-52)48-25-13-4-14-26-48)50-35-38-55(39-36-50)61(53-27-15-5-16-28-53)54-29-17-6-18-30-54/h1-43H. The van der Waals surface area contributed by atoms with E-state index in [9.17, 15) is 0 Å². The Hall–Kier alpha value is -8.00. The van der Waals surface area contributed by atoms with Crippen LogP contribution in [0.3, 0.4) is 0 Å². The fraction of sp³-hybridized carbons (Fsp3) is 0. The first kappa shape index (κ1) is 37.3. The molecule has 1 heteroatoms. The van der Waals surface area contributed by atoms with Crippen LogP contribution in [-0.2, 0) is 0 Å². The number of nitrogens with zero attached hydrogens (tertiary/aromatic N) is 1. The van der Waals surface area contributed by atoms with Crippen LogP contribution in [0, 0.1) is 0 Å². The number of para-hydroxylation sites is 2. The number of hydrogen-bond acceptors (Lipinski definition) is 1. The lowest BCUT2D eigenvalue weighted by Gasteiger charge is -2.26. The Morgan fingerprint density at radius 2 is 0.492 bits per heavy atom. The number of rotatable bonds is 10. The maximum absolute atomic E-state index is 2.38. The second kappa shape index (κ2) is 17.1. The van der Waals surface area contributed by atoms with Gasteiger partial charge in [-0.05, 0) is 132 Å². The molecule has 0 aliphatic rings. The predicted molar refractivity (Wildman–Crippen MR) is 259 cm³/mol. The van der Waals surface area contributed by atoms with Gasteiger partial charge >= 0.3 is 0 Å². The van der Waals surface area contributed by atoms with E-state index in [-0.39, 0.29) is 0 Å². The van der Waals surface area contributed by atoms with Gasteiger partial charge in [-0.15, -0.1) is 0 Å². The average molecular weight is 778 g/mol. The fourth-order valence-electron chi connectivity index (χ4n) is 8.49. The minimum absolute atomic E-state index is 1.10. The van der Waals surface area contributed by atoms with Crippen LogP contribution >= 0.6 is 0 Å². The van der Waals surface area contributed by atoms with E-state index in [0.717, 1.165) is 22.6 Å². The molecule has 0 unspecified atom stereocenters. The van der Waals surface area contributed by atoms with E-state index in [4.69, 9.17) is 0 Å². The van der Waals surface area contributed by atoms with Crippen molar-refractivity contribution in [3.63, 3.8) is 0 Å². The molecule has 0 aliphatic heterocycles. The molecule has 0 saturated carbocycles. The van der Waals surface area contributed by atoms with Crippen LogP contribution in [0.25, 0.3) is 77.9 Å².